The molecule has 3 aromatic carbocycles. The van der Waals surface area contributed by atoms with Crippen LogP contribution in [-0.2, 0) is 0 Å². The van der Waals surface area contributed by atoms with Crippen LogP contribution in [0.15, 0.2) is 79.1 Å². The zero-order chi connectivity index (χ0) is 21.8. The van der Waals surface area contributed by atoms with Crippen molar-refractivity contribution in [3.8, 4) is 11.3 Å². The number of anilines is 3. The second-order valence-electron chi connectivity index (χ2n) is 6.61. The van der Waals surface area contributed by atoms with Crippen LogP contribution >= 0.6 is 0 Å². The van der Waals surface area contributed by atoms with Gasteiger partial charge in [-0.15, -0.1) is 0 Å². The molecule has 8 heteroatoms. The summed E-state index contributed by atoms with van der Waals surface area (Å²) in [5.74, 6) is -1.97. The van der Waals surface area contributed by atoms with Crippen molar-refractivity contribution in [3.05, 3.63) is 102 Å². The summed E-state index contributed by atoms with van der Waals surface area (Å²) < 4.78 is 39.8. The van der Waals surface area contributed by atoms with Crippen molar-refractivity contribution >= 4 is 23.1 Å². The van der Waals surface area contributed by atoms with E-state index in [4.69, 9.17) is 0 Å². The number of carbonyl (C=O) groups excluding carboxylic acids is 1. The van der Waals surface area contributed by atoms with Crippen molar-refractivity contribution in [1.82, 2.24) is 9.97 Å². The van der Waals surface area contributed by atoms with E-state index in [1.165, 1.54) is 18.5 Å². The number of hydrogen-bond donors (Lipinski definition) is 2. The molecule has 2 N–H and O–H groups in total. The van der Waals surface area contributed by atoms with Crippen LogP contribution in [0.3, 0.4) is 0 Å². The molecule has 4 rings (SSSR count). The molecule has 0 atom stereocenters. The van der Waals surface area contributed by atoms with Crippen LogP contribution < -0.4 is 10.6 Å². The highest BCUT2D eigenvalue weighted by Gasteiger charge is 2.10. The maximum atomic E-state index is 13.3. The van der Waals surface area contributed by atoms with Gasteiger partial charge >= 0.3 is 0 Å². The Bertz CT molecular complexity index is 1230. The minimum atomic E-state index is -0.786. The Hall–Kier alpha value is -4.20. The van der Waals surface area contributed by atoms with E-state index in [2.05, 4.69) is 20.6 Å². The second-order valence-corrected chi connectivity index (χ2v) is 6.61. The second kappa shape index (κ2) is 8.66. The van der Waals surface area contributed by atoms with Gasteiger partial charge in [0.05, 0.1) is 5.69 Å². The molecule has 0 saturated heterocycles. The fraction of sp³-hybridized carbons (Fsp3) is 0. The van der Waals surface area contributed by atoms with Crippen LogP contribution in [0.1, 0.15) is 10.4 Å². The number of hydrogen-bond acceptors (Lipinski definition) is 4. The van der Waals surface area contributed by atoms with Gasteiger partial charge < -0.3 is 10.6 Å². The van der Waals surface area contributed by atoms with Gasteiger partial charge in [0.2, 0.25) is 0 Å². The van der Waals surface area contributed by atoms with Gasteiger partial charge in [0.15, 0.2) is 0 Å². The lowest BCUT2D eigenvalue weighted by Gasteiger charge is -2.10. The summed E-state index contributed by atoms with van der Waals surface area (Å²) in [4.78, 5) is 20.8. The number of aromatic nitrogens is 2. The third kappa shape index (κ3) is 5.05. The zero-order valence-corrected chi connectivity index (χ0v) is 15.9. The molecule has 0 spiro atoms. The SMILES string of the molecule is O=C(Nc1cc(F)cc(F)c1)c1cccc(Nc2cc(-c3ccc(F)cc3)ncn2)c1. The van der Waals surface area contributed by atoms with Gasteiger partial charge in [0.1, 0.15) is 29.6 Å². The summed E-state index contributed by atoms with van der Waals surface area (Å²) in [5, 5.41) is 5.54. The Morgan fingerprint density at radius 2 is 1.48 bits per heavy atom. The van der Waals surface area contributed by atoms with E-state index in [1.807, 2.05) is 0 Å². The predicted molar refractivity (Wildman–Crippen MR) is 111 cm³/mol. The molecule has 4 aromatic rings. The van der Waals surface area contributed by atoms with Crippen LogP contribution in [0, 0.1) is 17.5 Å². The summed E-state index contributed by atoms with van der Waals surface area (Å²) >= 11 is 0. The molecule has 1 aromatic heterocycles. The molecule has 0 radical (unpaired) electrons. The Balaban J connectivity index is 1.51. The van der Waals surface area contributed by atoms with Crippen molar-refractivity contribution in [2.24, 2.45) is 0 Å². The van der Waals surface area contributed by atoms with Crippen LogP contribution in [0.4, 0.5) is 30.4 Å². The lowest BCUT2D eigenvalue weighted by atomic mass is 10.1. The van der Waals surface area contributed by atoms with Crippen LogP contribution in [0.25, 0.3) is 11.3 Å². The van der Waals surface area contributed by atoms with E-state index >= 15 is 0 Å². The highest BCUT2D eigenvalue weighted by atomic mass is 19.1. The maximum Gasteiger partial charge on any atom is 0.255 e. The number of halogens is 3. The lowest BCUT2D eigenvalue weighted by Crippen LogP contribution is -2.12. The average Bonchev–Trinajstić information content (AvgIpc) is 2.74. The van der Waals surface area contributed by atoms with E-state index < -0.39 is 17.5 Å². The first-order valence-electron chi connectivity index (χ1n) is 9.19. The molecular formula is C23H15F3N4O. The molecule has 31 heavy (non-hydrogen) atoms. The van der Waals surface area contributed by atoms with E-state index in [0.29, 0.717) is 17.2 Å². The van der Waals surface area contributed by atoms with Gasteiger partial charge in [-0.05, 0) is 54.6 Å². The first-order chi connectivity index (χ1) is 15.0. The zero-order valence-electron chi connectivity index (χ0n) is 15.9. The van der Waals surface area contributed by atoms with E-state index in [9.17, 15) is 18.0 Å². The molecule has 0 unspecified atom stereocenters. The van der Waals surface area contributed by atoms with E-state index in [0.717, 1.165) is 23.8 Å². The van der Waals surface area contributed by atoms with Gasteiger partial charge in [0, 0.05) is 34.6 Å². The molecule has 1 heterocycles. The number of benzene rings is 3. The molecule has 154 valence electrons. The Kier molecular flexibility index (Phi) is 5.61. The standard InChI is InChI=1S/C23H15F3N4O/c24-16-6-4-14(5-7-16)21-12-22(28-13-27-21)29-19-3-1-2-15(8-19)23(31)30-20-10-17(25)9-18(26)11-20/h1-13H,(H,30,31)(H,27,28,29). The van der Waals surface area contributed by atoms with Crippen LogP contribution in [0.5, 0.6) is 0 Å². The number of carbonyl (C=O) groups is 1. The smallest absolute Gasteiger partial charge is 0.255 e. The highest BCUT2D eigenvalue weighted by molar-refractivity contribution is 6.04. The first kappa shape index (κ1) is 20.1. The summed E-state index contributed by atoms with van der Waals surface area (Å²) in [5.41, 5.74) is 2.19. The quantitative estimate of drug-likeness (QED) is 0.444. The van der Waals surface area contributed by atoms with Crippen LogP contribution in [0.2, 0.25) is 0 Å². The third-order valence-corrected chi connectivity index (χ3v) is 4.32. The van der Waals surface area contributed by atoms with E-state index in [1.54, 1.807) is 42.5 Å². The largest absolute Gasteiger partial charge is 0.340 e. The van der Waals surface area contributed by atoms with Crippen LogP contribution in [-0.4, -0.2) is 15.9 Å². The van der Waals surface area contributed by atoms with Crippen molar-refractivity contribution in [2.75, 3.05) is 10.6 Å². The average molecular weight is 420 g/mol. The van der Waals surface area contributed by atoms with Gasteiger partial charge in [0.25, 0.3) is 5.91 Å². The van der Waals surface area contributed by atoms with Crippen molar-refractivity contribution in [1.29, 1.82) is 0 Å². The minimum Gasteiger partial charge on any atom is -0.340 e. The Labute approximate surface area is 175 Å². The lowest BCUT2D eigenvalue weighted by molar-refractivity contribution is 0.102. The highest BCUT2D eigenvalue weighted by Crippen LogP contribution is 2.22. The molecule has 0 aliphatic heterocycles. The number of nitrogens with one attached hydrogen (secondary N) is 2. The maximum absolute atomic E-state index is 13.3. The molecule has 0 bridgehead atoms. The fourth-order valence-electron chi connectivity index (χ4n) is 2.92. The van der Waals surface area contributed by atoms with Crippen molar-refractivity contribution in [3.63, 3.8) is 0 Å². The fourth-order valence-corrected chi connectivity index (χ4v) is 2.92. The molecule has 0 fully saturated rings. The molecular weight excluding hydrogens is 405 g/mol. The minimum absolute atomic E-state index is 0.0144. The number of nitrogens with zero attached hydrogens (tertiary/aromatic N) is 2. The molecule has 5 nitrogen and oxygen atoms in total. The van der Waals surface area contributed by atoms with Crippen molar-refractivity contribution < 1.29 is 18.0 Å². The van der Waals surface area contributed by atoms with Gasteiger partial charge in [-0.2, -0.15) is 0 Å². The topological polar surface area (TPSA) is 66.9 Å². The Morgan fingerprint density at radius 1 is 0.742 bits per heavy atom. The molecule has 1 amide bonds. The summed E-state index contributed by atoms with van der Waals surface area (Å²) in [7, 11) is 0. The molecule has 0 saturated carbocycles. The predicted octanol–water partition coefficient (Wildman–Crippen LogP) is 5.56. The summed E-state index contributed by atoms with van der Waals surface area (Å²) in [6.45, 7) is 0. The monoisotopic (exact) mass is 420 g/mol. The van der Waals surface area contributed by atoms with Crippen molar-refractivity contribution in [2.45, 2.75) is 0 Å². The van der Waals surface area contributed by atoms with Gasteiger partial charge in [-0.3, -0.25) is 4.79 Å². The molecule has 0 aliphatic carbocycles. The number of rotatable bonds is 5. The summed E-state index contributed by atoms with van der Waals surface area (Å²) in [6, 6.07) is 16.9. The van der Waals surface area contributed by atoms with E-state index in [-0.39, 0.29) is 17.1 Å². The van der Waals surface area contributed by atoms with Gasteiger partial charge in [-0.25, -0.2) is 23.1 Å². The Morgan fingerprint density at radius 3 is 2.23 bits per heavy atom. The molecule has 0 aliphatic rings. The summed E-state index contributed by atoms with van der Waals surface area (Å²) in [6.07, 6.45) is 1.37. The normalized spacial score (nSPS) is 10.5. The number of amides is 1. The first-order valence-corrected chi connectivity index (χ1v) is 9.19. The van der Waals surface area contributed by atoms with Gasteiger partial charge in [-0.1, -0.05) is 6.07 Å². The third-order valence-electron chi connectivity index (χ3n) is 4.32.